The third-order valence-corrected chi connectivity index (χ3v) is 6.33. The number of hydrogen-bond donors (Lipinski definition) is 0. The number of para-hydroxylation sites is 1. The topological polar surface area (TPSA) is 24.7 Å². The van der Waals surface area contributed by atoms with E-state index < -0.39 is 0 Å². The van der Waals surface area contributed by atoms with Crippen LogP contribution in [0.4, 0.5) is 11.4 Å². The number of benzene rings is 2. The summed E-state index contributed by atoms with van der Waals surface area (Å²) in [5.74, 6) is 0. The molecule has 36 heavy (non-hydrogen) atoms. The summed E-state index contributed by atoms with van der Waals surface area (Å²) < 4.78 is 0. The van der Waals surface area contributed by atoms with Gasteiger partial charge in [0.15, 0.2) is 0 Å². The van der Waals surface area contributed by atoms with Crippen molar-refractivity contribution in [2.75, 3.05) is 0 Å². The Hall–Kier alpha value is -1.99. The zero-order valence-electron chi connectivity index (χ0n) is 23.0. The van der Waals surface area contributed by atoms with Crippen LogP contribution in [0.1, 0.15) is 116 Å². The second kappa shape index (κ2) is 21.1. The molecule has 0 saturated heterocycles. The Morgan fingerprint density at radius 1 is 0.583 bits per heavy atom. The number of nitrogens with zero attached hydrogens (tertiary/aromatic N) is 2. The molecule has 0 aliphatic rings. The first kappa shape index (κ1) is 32.0. The molecule has 2 rings (SSSR count). The third-order valence-electron chi connectivity index (χ3n) is 6.33. The maximum atomic E-state index is 5.12. The Balaban J connectivity index is 0.00000648. The summed E-state index contributed by atoms with van der Waals surface area (Å²) in [5.41, 5.74) is 5.61. The predicted octanol–water partition coefficient (Wildman–Crippen LogP) is 11.1. The minimum atomic E-state index is 0. The SMILES string of the molecule is CCCCCCCCC=Cc1ccc(N=C(CCCC)C(CCCCC)=Nc2ccccc2)cc1.[Ni]. The molecule has 0 N–H and O–H groups in total. The molecule has 0 aliphatic heterocycles. The van der Waals surface area contributed by atoms with Crippen LogP contribution in [0.25, 0.3) is 6.08 Å². The monoisotopic (exact) mass is 530 g/mol. The van der Waals surface area contributed by atoms with Gasteiger partial charge in [0.05, 0.1) is 22.8 Å². The van der Waals surface area contributed by atoms with Gasteiger partial charge in [0, 0.05) is 16.5 Å². The van der Waals surface area contributed by atoms with Crippen LogP contribution < -0.4 is 0 Å². The summed E-state index contributed by atoms with van der Waals surface area (Å²) in [4.78, 5) is 10.2. The van der Waals surface area contributed by atoms with Gasteiger partial charge in [0.2, 0.25) is 0 Å². The summed E-state index contributed by atoms with van der Waals surface area (Å²) in [7, 11) is 0. The summed E-state index contributed by atoms with van der Waals surface area (Å²) in [6.45, 7) is 6.77. The molecule has 200 valence electrons. The number of rotatable bonds is 18. The van der Waals surface area contributed by atoms with Gasteiger partial charge in [-0.15, -0.1) is 0 Å². The number of aliphatic imine (C=N–C) groups is 2. The van der Waals surface area contributed by atoms with Crippen molar-refractivity contribution < 1.29 is 16.5 Å². The Morgan fingerprint density at radius 2 is 1.11 bits per heavy atom. The summed E-state index contributed by atoms with van der Waals surface area (Å²) >= 11 is 0. The molecule has 0 saturated carbocycles. The van der Waals surface area contributed by atoms with Gasteiger partial charge in [-0.3, -0.25) is 9.98 Å². The molecule has 0 bridgehead atoms. The summed E-state index contributed by atoms with van der Waals surface area (Å²) in [6, 6.07) is 19.0. The van der Waals surface area contributed by atoms with Crippen molar-refractivity contribution in [1.29, 1.82) is 0 Å². The van der Waals surface area contributed by atoms with Crippen molar-refractivity contribution in [3.8, 4) is 0 Å². The van der Waals surface area contributed by atoms with E-state index in [2.05, 4.69) is 81.5 Å². The Kier molecular flexibility index (Phi) is 18.8. The Labute approximate surface area is 231 Å². The number of allylic oxidation sites excluding steroid dienone is 1. The van der Waals surface area contributed by atoms with Crippen molar-refractivity contribution in [2.45, 2.75) is 111 Å². The first-order valence-corrected chi connectivity index (χ1v) is 14.2. The fourth-order valence-electron chi connectivity index (χ4n) is 4.15. The van der Waals surface area contributed by atoms with E-state index in [1.54, 1.807) is 0 Å². The van der Waals surface area contributed by atoms with Gasteiger partial charge in [0.1, 0.15) is 0 Å². The Bertz CT molecular complexity index is 882. The molecule has 2 aromatic carbocycles. The van der Waals surface area contributed by atoms with E-state index in [1.165, 1.54) is 63.4 Å². The molecule has 0 atom stereocenters. The van der Waals surface area contributed by atoms with E-state index >= 15 is 0 Å². The van der Waals surface area contributed by atoms with Crippen molar-refractivity contribution in [1.82, 2.24) is 0 Å². The van der Waals surface area contributed by atoms with Crippen molar-refractivity contribution >= 4 is 28.9 Å². The van der Waals surface area contributed by atoms with Crippen LogP contribution in [0.2, 0.25) is 0 Å². The second-order valence-electron chi connectivity index (χ2n) is 9.56. The van der Waals surface area contributed by atoms with Gasteiger partial charge in [-0.2, -0.15) is 0 Å². The van der Waals surface area contributed by atoms with Crippen LogP contribution in [-0.4, -0.2) is 11.4 Å². The smallest absolute Gasteiger partial charge is 0.0634 e. The molecular formula is C33H48N2Ni. The van der Waals surface area contributed by atoms with Crippen LogP contribution >= 0.6 is 0 Å². The van der Waals surface area contributed by atoms with Crippen LogP contribution in [0.5, 0.6) is 0 Å². The molecule has 0 fully saturated rings. The molecule has 2 nitrogen and oxygen atoms in total. The van der Waals surface area contributed by atoms with E-state index in [-0.39, 0.29) is 16.5 Å². The van der Waals surface area contributed by atoms with Gasteiger partial charge >= 0.3 is 0 Å². The first-order chi connectivity index (χ1) is 17.3. The maximum absolute atomic E-state index is 5.12. The standard InChI is InChI=1S/C33H48N2.Ni/c1-4-7-10-11-12-13-14-17-20-29-25-27-31(28-26-29)35-32(23-9-6-3)33(24-16-8-5-2)34-30-21-18-15-19-22-30;/h15,17-22,25-28H,4-14,16,23-24H2,1-3H3;. The normalized spacial score (nSPS) is 12.2. The van der Waals surface area contributed by atoms with Gasteiger partial charge in [-0.1, -0.05) is 115 Å². The number of hydrogen-bond acceptors (Lipinski definition) is 2. The average molecular weight is 531 g/mol. The fraction of sp³-hybridized carbons (Fsp3) is 0.515. The molecular weight excluding hydrogens is 483 g/mol. The molecule has 0 aliphatic carbocycles. The zero-order chi connectivity index (χ0) is 25.0. The molecule has 0 unspecified atom stereocenters. The fourth-order valence-corrected chi connectivity index (χ4v) is 4.15. The second-order valence-corrected chi connectivity index (χ2v) is 9.56. The van der Waals surface area contributed by atoms with Gasteiger partial charge < -0.3 is 0 Å². The van der Waals surface area contributed by atoms with E-state index in [0.29, 0.717) is 0 Å². The van der Waals surface area contributed by atoms with E-state index in [9.17, 15) is 0 Å². The van der Waals surface area contributed by atoms with E-state index in [0.717, 1.165) is 54.9 Å². The minimum absolute atomic E-state index is 0. The first-order valence-electron chi connectivity index (χ1n) is 14.2. The molecule has 0 aromatic heterocycles. The maximum Gasteiger partial charge on any atom is 0.0634 e. The minimum Gasteiger partial charge on any atom is -0.252 e. The van der Waals surface area contributed by atoms with E-state index in [4.69, 9.17) is 9.98 Å². The van der Waals surface area contributed by atoms with Crippen molar-refractivity contribution in [3.05, 3.63) is 66.2 Å². The quantitative estimate of drug-likeness (QED) is 0.104. The molecule has 0 heterocycles. The number of unbranched alkanes of at least 4 members (excludes halogenated alkanes) is 9. The van der Waals surface area contributed by atoms with Crippen LogP contribution in [-0.2, 0) is 16.5 Å². The van der Waals surface area contributed by atoms with Crippen molar-refractivity contribution in [3.63, 3.8) is 0 Å². The van der Waals surface area contributed by atoms with Crippen LogP contribution in [0.15, 0.2) is 70.7 Å². The van der Waals surface area contributed by atoms with E-state index in [1.807, 2.05) is 6.07 Å². The van der Waals surface area contributed by atoms with Crippen molar-refractivity contribution in [2.24, 2.45) is 9.98 Å². The van der Waals surface area contributed by atoms with Crippen LogP contribution in [0.3, 0.4) is 0 Å². The summed E-state index contributed by atoms with van der Waals surface area (Å²) in [6.07, 6.45) is 21.7. The van der Waals surface area contributed by atoms with Gasteiger partial charge in [-0.05, 0) is 68.4 Å². The van der Waals surface area contributed by atoms with Gasteiger partial charge in [-0.25, -0.2) is 0 Å². The largest absolute Gasteiger partial charge is 0.252 e. The molecule has 0 spiro atoms. The predicted molar refractivity (Wildman–Crippen MR) is 158 cm³/mol. The Morgan fingerprint density at radius 3 is 1.75 bits per heavy atom. The molecule has 0 amide bonds. The molecule has 2 aromatic rings. The zero-order valence-corrected chi connectivity index (χ0v) is 23.9. The average Bonchev–Trinajstić information content (AvgIpc) is 2.89. The van der Waals surface area contributed by atoms with Gasteiger partial charge in [0.25, 0.3) is 0 Å². The molecule has 3 heteroatoms. The van der Waals surface area contributed by atoms with Crippen LogP contribution in [0, 0.1) is 0 Å². The summed E-state index contributed by atoms with van der Waals surface area (Å²) in [5, 5.41) is 0. The third kappa shape index (κ3) is 13.9. The molecule has 0 radical (unpaired) electrons.